The van der Waals surface area contributed by atoms with Crippen LogP contribution >= 0.6 is 0 Å². The van der Waals surface area contributed by atoms with Gasteiger partial charge in [-0.25, -0.2) is 0 Å². The molecular formula is C16H19N3O2. The van der Waals surface area contributed by atoms with Gasteiger partial charge in [0, 0.05) is 12.3 Å². The van der Waals surface area contributed by atoms with Crippen molar-refractivity contribution in [1.29, 1.82) is 0 Å². The minimum absolute atomic E-state index is 0.182. The number of amides is 1. The summed E-state index contributed by atoms with van der Waals surface area (Å²) in [4.78, 5) is 24.4. The Kier molecular flexibility index (Phi) is 4.42. The Labute approximate surface area is 123 Å². The Balaban J connectivity index is 2.27. The van der Waals surface area contributed by atoms with Gasteiger partial charge in [0.15, 0.2) is 0 Å². The number of nitrogens with two attached hydrogens (primary N) is 1. The molecule has 1 aromatic heterocycles. The number of hydrogen-bond donors (Lipinski definition) is 2. The quantitative estimate of drug-likeness (QED) is 0.846. The Morgan fingerprint density at radius 2 is 2.05 bits per heavy atom. The Bertz CT molecular complexity index is 707. The molecular weight excluding hydrogens is 266 g/mol. The summed E-state index contributed by atoms with van der Waals surface area (Å²) in [7, 11) is 0. The van der Waals surface area contributed by atoms with Gasteiger partial charge in [0.1, 0.15) is 6.04 Å². The van der Waals surface area contributed by atoms with Gasteiger partial charge in [0.25, 0.3) is 5.56 Å². The fourth-order valence-electron chi connectivity index (χ4n) is 2.18. The van der Waals surface area contributed by atoms with Gasteiger partial charge in [-0.05, 0) is 37.1 Å². The number of nitrogens with zero attached hydrogens (tertiary/aromatic N) is 1. The average molecular weight is 285 g/mol. The number of rotatable bonds is 4. The van der Waals surface area contributed by atoms with Gasteiger partial charge in [-0.15, -0.1) is 0 Å². The summed E-state index contributed by atoms with van der Waals surface area (Å²) in [5, 5.41) is 2.78. The molecule has 5 heteroatoms. The van der Waals surface area contributed by atoms with Gasteiger partial charge in [-0.3, -0.25) is 9.59 Å². The monoisotopic (exact) mass is 285 g/mol. The summed E-state index contributed by atoms with van der Waals surface area (Å²) in [5.41, 5.74) is 7.56. The number of aryl methyl sites for hydroxylation is 1. The molecule has 5 nitrogen and oxygen atoms in total. The number of anilines is 2. The molecule has 2 aromatic rings. The third-order valence-electron chi connectivity index (χ3n) is 3.35. The lowest BCUT2D eigenvalue weighted by Gasteiger charge is -2.18. The van der Waals surface area contributed by atoms with Crippen molar-refractivity contribution in [2.45, 2.75) is 26.3 Å². The molecule has 0 aliphatic heterocycles. The van der Waals surface area contributed by atoms with Crippen molar-refractivity contribution in [2.75, 3.05) is 11.1 Å². The maximum atomic E-state index is 12.4. The van der Waals surface area contributed by atoms with E-state index in [4.69, 9.17) is 5.73 Å². The van der Waals surface area contributed by atoms with Gasteiger partial charge >= 0.3 is 0 Å². The number of benzene rings is 1. The molecule has 1 unspecified atom stereocenters. The first-order valence-electron chi connectivity index (χ1n) is 6.87. The first kappa shape index (κ1) is 14.8. The minimum Gasteiger partial charge on any atom is -0.397 e. The highest BCUT2D eigenvalue weighted by Gasteiger charge is 2.19. The van der Waals surface area contributed by atoms with Crippen LogP contribution in [-0.4, -0.2) is 10.5 Å². The van der Waals surface area contributed by atoms with E-state index in [2.05, 4.69) is 5.32 Å². The summed E-state index contributed by atoms with van der Waals surface area (Å²) in [6.45, 7) is 3.71. The predicted octanol–water partition coefficient (Wildman–Crippen LogP) is 2.33. The van der Waals surface area contributed by atoms with Crippen molar-refractivity contribution < 1.29 is 4.79 Å². The van der Waals surface area contributed by atoms with Gasteiger partial charge in [-0.1, -0.05) is 19.1 Å². The average Bonchev–Trinajstić information content (AvgIpc) is 2.44. The highest BCUT2D eigenvalue weighted by molar-refractivity contribution is 5.96. The molecule has 0 fully saturated rings. The van der Waals surface area contributed by atoms with E-state index in [0.717, 1.165) is 5.56 Å². The van der Waals surface area contributed by atoms with Crippen molar-refractivity contribution >= 4 is 17.3 Å². The minimum atomic E-state index is -0.558. The normalized spacial score (nSPS) is 11.9. The zero-order chi connectivity index (χ0) is 15.4. The smallest absolute Gasteiger partial charge is 0.251 e. The van der Waals surface area contributed by atoms with Crippen LogP contribution in [0.4, 0.5) is 11.4 Å². The molecule has 3 N–H and O–H groups in total. The third kappa shape index (κ3) is 3.31. The summed E-state index contributed by atoms with van der Waals surface area (Å²) in [5.74, 6) is -0.249. The fraction of sp³-hybridized carbons (Fsp3) is 0.250. The lowest BCUT2D eigenvalue weighted by atomic mass is 10.1. The molecule has 0 saturated heterocycles. The van der Waals surface area contributed by atoms with Crippen LogP contribution in [0.1, 0.15) is 24.9 Å². The lowest BCUT2D eigenvalue weighted by molar-refractivity contribution is -0.119. The molecule has 1 heterocycles. The third-order valence-corrected chi connectivity index (χ3v) is 3.35. The van der Waals surface area contributed by atoms with Crippen LogP contribution in [0.15, 0.2) is 47.4 Å². The maximum Gasteiger partial charge on any atom is 0.251 e. The number of aromatic nitrogens is 1. The molecule has 21 heavy (non-hydrogen) atoms. The van der Waals surface area contributed by atoms with E-state index in [1.165, 1.54) is 10.6 Å². The fourth-order valence-corrected chi connectivity index (χ4v) is 2.18. The molecule has 1 atom stereocenters. The van der Waals surface area contributed by atoms with E-state index in [1.54, 1.807) is 30.5 Å². The zero-order valence-corrected chi connectivity index (χ0v) is 12.2. The van der Waals surface area contributed by atoms with Crippen molar-refractivity contribution in [3.05, 3.63) is 58.5 Å². The molecule has 110 valence electrons. The molecule has 0 saturated carbocycles. The largest absolute Gasteiger partial charge is 0.397 e. The number of nitrogens with one attached hydrogen (secondary N) is 1. The van der Waals surface area contributed by atoms with E-state index in [1.807, 2.05) is 19.9 Å². The molecule has 1 aromatic carbocycles. The highest BCUT2D eigenvalue weighted by Crippen LogP contribution is 2.19. The second-order valence-corrected chi connectivity index (χ2v) is 4.95. The number of para-hydroxylation sites is 2. The highest BCUT2D eigenvalue weighted by atomic mass is 16.2. The molecule has 0 aliphatic carbocycles. The number of hydrogen-bond acceptors (Lipinski definition) is 3. The van der Waals surface area contributed by atoms with Gasteiger partial charge in [-0.2, -0.15) is 0 Å². The van der Waals surface area contributed by atoms with E-state index >= 15 is 0 Å². The number of carbonyl (C=O) groups excluding carboxylic acids is 1. The van der Waals surface area contributed by atoms with Crippen LogP contribution < -0.4 is 16.6 Å². The number of pyridine rings is 1. The second-order valence-electron chi connectivity index (χ2n) is 4.95. The molecule has 0 radical (unpaired) electrons. The molecule has 2 rings (SSSR count). The van der Waals surface area contributed by atoms with Crippen LogP contribution in [0.5, 0.6) is 0 Å². The number of carbonyl (C=O) groups is 1. The first-order chi connectivity index (χ1) is 10.0. The standard InChI is InChI=1S/C16H19N3O2/c1-3-14(19-9-8-11(2)10-15(19)20)16(21)18-13-7-5-4-6-12(13)17/h4-10,14H,3,17H2,1-2H3,(H,18,21). The van der Waals surface area contributed by atoms with Crippen LogP contribution in [0.2, 0.25) is 0 Å². The summed E-state index contributed by atoms with van der Waals surface area (Å²) < 4.78 is 1.45. The van der Waals surface area contributed by atoms with Crippen molar-refractivity contribution in [3.8, 4) is 0 Å². The van der Waals surface area contributed by atoms with Gasteiger partial charge < -0.3 is 15.6 Å². The Morgan fingerprint density at radius 3 is 2.67 bits per heavy atom. The first-order valence-corrected chi connectivity index (χ1v) is 6.87. The summed E-state index contributed by atoms with van der Waals surface area (Å²) >= 11 is 0. The van der Waals surface area contributed by atoms with Crippen molar-refractivity contribution in [1.82, 2.24) is 4.57 Å². The van der Waals surface area contributed by atoms with E-state index in [-0.39, 0.29) is 11.5 Å². The van der Waals surface area contributed by atoms with Crippen LogP contribution in [0.3, 0.4) is 0 Å². The molecule has 0 spiro atoms. The predicted molar refractivity (Wildman–Crippen MR) is 84.3 cm³/mol. The zero-order valence-electron chi connectivity index (χ0n) is 12.2. The van der Waals surface area contributed by atoms with Crippen LogP contribution in [0, 0.1) is 6.92 Å². The van der Waals surface area contributed by atoms with E-state index < -0.39 is 6.04 Å². The Hall–Kier alpha value is -2.56. The Morgan fingerprint density at radius 1 is 1.33 bits per heavy atom. The van der Waals surface area contributed by atoms with Gasteiger partial charge in [0.05, 0.1) is 11.4 Å². The van der Waals surface area contributed by atoms with E-state index in [9.17, 15) is 9.59 Å². The van der Waals surface area contributed by atoms with E-state index in [0.29, 0.717) is 17.8 Å². The molecule has 0 bridgehead atoms. The second kappa shape index (κ2) is 6.26. The molecule has 1 amide bonds. The lowest BCUT2D eigenvalue weighted by Crippen LogP contribution is -2.32. The summed E-state index contributed by atoms with van der Waals surface area (Å²) in [6.07, 6.45) is 2.17. The maximum absolute atomic E-state index is 12.4. The van der Waals surface area contributed by atoms with Crippen molar-refractivity contribution in [2.24, 2.45) is 0 Å². The van der Waals surface area contributed by atoms with Crippen LogP contribution in [0.25, 0.3) is 0 Å². The number of nitrogen functional groups attached to an aromatic ring is 1. The van der Waals surface area contributed by atoms with Crippen LogP contribution in [-0.2, 0) is 4.79 Å². The van der Waals surface area contributed by atoms with Crippen molar-refractivity contribution in [3.63, 3.8) is 0 Å². The molecule has 0 aliphatic rings. The van der Waals surface area contributed by atoms with Gasteiger partial charge in [0.2, 0.25) is 5.91 Å². The summed E-state index contributed by atoms with van der Waals surface area (Å²) in [6, 6.07) is 9.82. The topological polar surface area (TPSA) is 77.1 Å². The SMILES string of the molecule is CCC(C(=O)Nc1ccccc1N)n1ccc(C)cc1=O.